The molecule has 1 atom stereocenters. The van der Waals surface area contributed by atoms with E-state index in [2.05, 4.69) is 20.8 Å². The molecule has 0 fully saturated rings. The first kappa shape index (κ1) is 21.8. The van der Waals surface area contributed by atoms with Crippen LogP contribution in [0.2, 0.25) is 0 Å². The van der Waals surface area contributed by atoms with E-state index in [9.17, 15) is 14.7 Å². The molecule has 1 aliphatic rings. The summed E-state index contributed by atoms with van der Waals surface area (Å²) in [7, 11) is 1.58. The topological polar surface area (TPSA) is 66.8 Å². The molecule has 1 aromatic heterocycles. The van der Waals surface area contributed by atoms with E-state index in [1.165, 1.54) is 16.2 Å². The number of carbonyl (C=O) groups is 2. The van der Waals surface area contributed by atoms with Gasteiger partial charge in [0.1, 0.15) is 5.75 Å². The van der Waals surface area contributed by atoms with Gasteiger partial charge in [-0.15, -0.1) is 11.3 Å². The number of ether oxygens (including phenoxy) is 1. The van der Waals surface area contributed by atoms with Crippen molar-refractivity contribution in [1.82, 2.24) is 0 Å². The molecule has 0 spiro atoms. The molecular weight excluding hydrogens is 422 g/mol. The minimum absolute atomic E-state index is 0.0381. The zero-order chi connectivity index (χ0) is 23.0. The Kier molecular flexibility index (Phi) is 5.65. The van der Waals surface area contributed by atoms with Crippen LogP contribution in [-0.4, -0.2) is 23.9 Å². The number of hydrogen-bond donors (Lipinski definition) is 1. The minimum atomic E-state index is -0.747. The van der Waals surface area contributed by atoms with Crippen LogP contribution in [0.15, 0.2) is 77.4 Å². The largest absolute Gasteiger partial charge is 0.503 e. The Bertz CT molecular complexity index is 1170. The summed E-state index contributed by atoms with van der Waals surface area (Å²) in [5.74, 6) is -0.780. The summed E-state index contributed by atoms with van der Waals surface area (Å²) >= 11 is 1.28. The fraction of sp³-hybridized carbons (Fsp3) is 0.231. The fourth-order valence-electron chi connectivity index (χ4n) is 3.87. The van der Waals surface area contributed by atoms with Crippen LogP contribution in [0.4, 0.5) is 5.69 Å². The normalized spacial score (nSPS) is 16.6. The van der Waals surface area contributed by atoms with Crippen molar-refractivity contribution in [1.29, 1.82) is 0 Å². The van der Waals surface area contributed by atoms with E-state index < -0.39 is 17.7 Å². The number of carbonyl (C=O) groups excluding carboxylic acids is 2. The van der Waals surface area contributed by atoms with E-state index in [-0.39, 0.29) is 16.8 Å². The van der Waals surface area contributed by atoms with Gasteiger partial charge in [-0.25, -0.2) is 0 Å². The van der Waals surface area contributed by atoms with Crippen LogP contribution in [0.3, 0.4) is 0 Å². The summed E-state index contributed by atoms with van der Waals surface area (Å²) in [6.45, 7) is 6.36. The number of anilines is 1. The molecule has 1 amide bonds. The van der Waals surface area contributed by atoms with E-state index in [0.29, 0.717) is 21.9 Å². The maximum absolute atomic E-state index is 13.3. The lowest BCUT2D eigenvalue weighted by Crippen LogP contribution is -2.31. The lowest BCUT2D eigenvalue weighted by Gasteiger charge is -2.28. The summed E-state index contributed by atoms with van der Waals surface area (Å²) in [4.78, 5) is 28.5. The third-order valence-electron chi connectivity index (χ3n) is 5.64. The first-order valence-corrected chi connectivity index (χ1v) is 11.2. The van der Waals surface area contributed by atoms with Crippen molar-refractivity contribution in [3.8, 4) is 5.75 Å². The van der Waals surface area contributed by atoms with Crippen LogP contribution in [0.25, 0.3) is 0 Å². The molecule has 0 aliphatic carbocycles. The molecule has 0 bridgehead atoms. The lowest BCUT2D eigenvalue weighted by atomic mass is 9.87. The number of aliphatic hydroxyl groups excluding tert-OH is 1. The summed E-state index contributed by atoms with van der Waals surface area (Å²) in [6, 6.07) is 17.6. The Balaban J connectivity index is 1.83. The van der Waals surface area contributed by atoms with Crippen molar-refractivity contribution >= 4 is 28.7 Å². The van der Waals surface area contributed by atoms with E-state index >= 15 is 0 Å². The van der Waals surface area contributed by atoms with Crippen molar-refractivity contribution in [3.05, 3.63) is 93.4 Å². The fourth-order valence-corrected chi connectivity index (χ4v) is 4.55. The molecule has 0 saturated carbocycles. The van der Waals surface area contributed by atoms with Crippen LogP contribution in [0, 0.1) is 0 Å². The summed E-state index contributed by atoms with van der Waals surface area (Å²) in [6.07, 6.45) is 0. The Morgan fingerprint density at radius 1 is 1.03 bits per heavy atom. The molecule has 3 aromatic rings. The molecule has 6 heteroatoms. The molecule has 5 nitrogen and oxygen atoms in total. The van der Waals surface area contributed by atoms with Crippen molar-refractivity contribution in [2.75, 3.05) is 12.0 Å². The molecule has 164 valence electrons. The third-order valence-corrected chi connectivity index (χ3v) is 6.51. The number of rotatable bonds is 5. The molecule has 0 saturated heterocycles. The van der Waals surface area contributed by atoms with Crippen LogP contribution in [0.1, 0.15) is 47.6 Å². The highest BCUT2D eigenvalue weighted by Gasteiger charge is 2.44. The second-order valence-corrected chi connectivity index (χ2v) is 9.66. The number of amides is 1. The predicted octanol–water partition coefficient (Wildman–Crippen LogP) is 5.84. The van der Waals surface area contributed by atoms with Crippen LogP contribution in [-0.2, 0) is 10.2 Å². The van der Waals surface area contributed by atoms with Gasteiger partial charge in [0.2, 0.25) is 5.78 Å². The standard InChI is InChI=1S/C26H25NO4S/c1-26(2,3)17-9-11-18(12-10-17)27-22(16-7-13-19(31-4)14-8-16)21(24(29)25(27)30)23(28)20-6-5-15-32-20/h5-15,22,29H,1-4H3. The molecule has 1 unspecified atom stereocenters. The van der Waals surface area contributed by atoms with Gasteiger partial charge in [-0.05, 0) is 52.3 Å². The molecule has 1 N–H and O–H groups in total. The van der Waals surface area contributed by atoms with Crippen LogP contribution < -0.4 is 9.64 Å². The summed E-state index contributed by atoms with van der Waals surface area (Å²) in [5.41, 5.74) is 2.50. The van der Waals surface area contributed by atoms with Gasteiger partial charge in [0.25, 0.3) is 5.91 Å². The maximum Gasteiger partial charge on any atom is 0.294 e. The average Bonchev–Trinajstić information content (AvgIpc) is 3.40. The van der Waals surface area contributed by atoms with Gasteiger partial charge >= 0.3 is 0 Å². The molecule has 0 radical (unpaired) electrons. The zero-order valence-corrected chi connectivity index (χ0v) is 19.3. The number of ketones is 1. The summed E-state index contributed by atoms with van der Waals surface area (Å²) < 4.78 is 5.26. The number of benzene rings is 2. The smallest absolute Gasteiger partial charge is 0.294 e. The lowest BCUT2D eigenvalue weighted by molar-refractivity contribution is -0.117. The number of thiophene rings is 1. The minimum Gasteiger partial charge on any atom is -0.503 e. The maximum atomic E-state index is 13.3. The number of Topliss-reactive ketones (excluding diaryl/α,β-unsaturated/α-hetero) is 1. The number of aliphatic hydroxyl groups is 1. The van der Waals surface area contributed by atoms with E-state index in [1.807, 2.05) is 36.4 Å². The van der Waals surface area contributed by atoms with Crippen molar-refractivity contribution in [3.63, 3.8) is 0 Å². The highest BCUT2D eigenvalue weighted by Crippen LogP contribution is 2.43. The van der Waals surface area contributed by atoms with Gasteiger partial charge in [-0.3, -0.25) is 14.5 Å². The van der Waals surface area contributed by atoms with E-state index in [4.69, 9.17) is 4.74 Å². The first-order valence-electron chi connectivity index (χ1n) is 10.3. The molecule has 32 heavy (non-hydrogen) atoms. The van der Waals surface area contributed by atoms with Gasteiger partial charge in [0.05, 0.1) is 23.6 Å². The SMILES string of the molecule is COc1ccc(C2C(C(=O)c3cccs3)=C(O)C(=O)N2c2ccc(C(C)(C)C)cc2)cc1. The number of hydrogen-bond acceptors (Lipinski definition) is 5. The highest BCUT2D eigenvalue weighted by molar-refractivity contribution is 7.12. The summed E-state index contributed by atoms with van der Waals surface area (Å²) in [5, 5.41) is 12.6. The second kappa shape index (κ2) is 8.28. The predicted molar refractivity (Wildman–Crippen MR) is 127 cm³/mol. The number of methoxy groups -OCH3 is 1. The highest BCUT2D eigenvalue weighted by atomic mass is 32.1. The van der Waals surface area contributed by atoms with Gasteiger partial charge in [0, 0.05) is 5.69 Å². The monoisotopic (exact) mass is 447 g/mol. The zero-order valence-electron chi connectivity index (χ0n) is 18.5. The van der Waals surface area contributed by atoms with Crippen LogP contribution in [0.5, 0.6) is 5.75 Å². The Morgan fingerprint density at radius 2 is 1.69 bits per heavy atom. The van der Waals surface area contributed by atoms with Crippen molar-refractivity contribution < 1.29 is 19.4 Å². The Morgan fingerprint density at radius 3 is 2.22 bits per heavy atom. The van der Waals surface area contributed by atoms with Gasteiger partial charge in [-0.1, -0.05) is 51.1 Å². The Labute approximate surface area is 191 Å². The van der Waals surface area contributed by atoms with Gasteiger partial charge < -0.3 is 9.84 Å². The second-order valence-electron chi connectivity index (χ2n) is 8.72. The van der Waals surface area contributed by atoms with Crippen molar-refractivity contribution in [2.45, 2.75) is 32.2 Å². The van der Waals surface area contributed by atoms with Gasteiger partial charge in [-0.2, -0.15) is 0 Å². The van der Waals surface area contributed by atoms with Crippen molar-refractivity contribution in [2.24, 2.45) is 0 Å². The number of nitrogens with zero attached hydrogens (tertiary/aromatic N) is 1. The molecule has 1 aliphatic heterocycles. The molecule has 2 aromatic carbocycles. The molecule has 2 heterocycles. The molecular formula is C26H25NO4S. The third kappa shape index (κ3) is 3.82. The first-order chi connectivity index (χ1) is 15.2. The van der Waals surface area contributed by atoms with Crippen LogP contribution >= 0.6 is 11.3 Å². The van der Waals surface area contributed by atoms with E-state index in [1.54, 1.807) is 36.8 Å². The Hall–Kier alpha value is -3.38. The van der Waals surface area contributed by atoms with E-state index in [0.717, 1.165) is 5.56 Å². The van der Waals surface area contributed by atoms with Gasteiger partial charge in [0.15, 0.2) is 5.76 Å². The quantitative estimate of drug-likeness (QED) is 0.499. The molecule has 4 rings (SSSR count). The average molecular weight is 448 g/mol.